The zero-order valence-corrected chi connectivity index (χ0v) is 23.0. The third kappa shape index (κ3) is 10.2. The summed E-state index contributed by atoms with van der Waals surface area (Å²) < 4.78 is 18.7. The highest BCUT2D eigenvalue weighted by molar-refractivity contribution is 5.85. The number of carbonyl (C=O) groups excluding carboxylic acids is 2. The molecule has 206 valence electrons. The molecule has 10 nitrogen and oxygen atoms in total. The van der Waals surface area contributed by atoms with Crippen molar-refractivity contribution < 1.29 is 18.7 Å². The summed E-state index contributed by atoms with van der Waals surface area (Å²) in [5, 5.41) is 9.07. The number of amides is 2. The van der Waals surface area contributed by atoms with E-state index in [0.717, 1.165) is 6.42 Å². The van der Waals surface area contributed by atoms with Crippen LogP contribution in [0.1, 0.15) is 65.9 Å². The highest BCUT2D eigenvalue weighted by Crippen LogP contribution is 2.17. The van der Waals surface area contributed by atoms with E-state index in [2.05, 4.69) is 42.7 Å². The number of hydrogen-bond acceptors (Lipinski definition) is 8. The van der Waals surface area contributed by atoms with E-state index >= 15 is 0 Å². The largest absolute Gasteiger partial charge is 0.444 e. The molecule has 0 saturated heterocycles. The minimum Gasteiger partial charge on any atom is -0.444 e. The fourth-order valence-corrected chi connectivity index (χ4v) is 3.28. The molecular formula is C27H38FN7O3. The van der Waals surface area contributed by atoms with Gasteiger partial charge < -0.3 is 20.7 Å². The summed E-state index contributed by atoms with van der Waals surface area (Å²) >= 11 is 0. The normalized spacial score (nSPS) is 11.6. The van der Waals surface area contributed by atoms with Gasteiger partial charge in [-0.15, -0.1) is 0 Å². The Morgan fingerprint density at radius 2 is 1.97 bits per heavy atom. The Bertz CT molecular complexity index is 1140. The van der Waals surface area contributed by atoms with Gasteiger partial charge in [-0.25, -0.2) is 14.8 Å². The Hall–Kier alpha value is -3.94. The SMILES string of the molecule is CCCNc1nc(Nc2ccnc(F)c2)ncc1C#CCCCNC(=O)[C@H](CC)N(C)C(=O)OC(C)(C)C. The van der Waals surface area contributed by atoms with Gasteiger partial charge in [0.05, 0.1) is 11.8 Å². The summed E-state index contributed by atoms with van der Waals surface area (Å²) in [6.45, 7) is 10.4. The molecule has 0 aliphatic carbocycles. The summed E-state index contributed by atoms with van der Waals surface area (Å²) in [5.41, 5.74) is 0.493. The van der Waals surface area contributed by atoms with Crippen LogP contribution in [0, 0.1) is 17.8 Å². The van der Waals surface area contributed by atoms with Gasteiger partial charge in [-0.1, -0.05) is 25.7 Å². The number of likely N-dealkylation sites (N-methyl/N-ethyl adjacent to an activating group) is 1. The summed E-state index contributed by atoms with van der Waals surface area (Å²) in [4.78, 5) is 38.5. The van der Waals surface area contributed by atoms with E-state index in [4.69, 9.17) is 4.74 Å². The Morgan fingerprint density at radius 1 is 1.21 bits per heavy atom. The van der Waals surface area contributed by atoms with Crippen LogP contribution in [0.3, 0.4) is 0 Å². The Labute approximate surface area is 224 Å². The zero-order chi connectivity index (χ0) is 28.1. The maximum absolute atomic E-state index is 13.4. The van der Waals surface area contributed by atoms with Gasteiger partial charge in [0, 0.05) is 44.5 Å². The molecule has 1 atom stereocenters. The van der Waals surface area contributed by atoms with Crippen LogP contribution in [0.4, 0.5) is 26.6 Å². The summed E-state index contributed by atoms with van der Waals surface area (Å²) in [5.74, 6) is 6.24. The molecule has 38 heavy (non-hydrogen) atoms. The molecule has 0 aliphatic rings. The molecule has 2 aromatic rings. The number of halogens is 1. The van der Waals surface area contributed by atoms with E-state index < -0.39 is 23.7 Å². The molecule has 2 heterocycles. The summed E-state index contributed by atoms with van der Waals surface area (Å²) in [6.07, 6.45) is 4.98. The molecule has 0 aromatic carbocycles. The highest BCUT2D eigenvalue weighted by Gasteiger charge is 2.28. The third-order valence-corrected chi connectivity index (χ3v) is 5.15. The molecule has 0 unspecified atom stereocenters. The summed E-state index contributed by atoms with van der Waals surface area (Å²) in [6, 6.07) is 2.26. The smallest absolute Gasteiger partial charge is 0.410 e. The van der Waals surface area contributed by atoms with E-state index in [1.54, 1.807) is 40.1 Å². The number of hydrogen-bond donors (Lipinski definition) is 3. The minimum absolute atomic E-state index is 0.231. The topological polar surface area (TPSA) is 121 Å². The van der Waals surface area contributed by atoms with E-state index in [9.17, 15) is 14.0 Å². The number of nitrogens with zero attached hydrogens (tertiary/aromatic N) is 4. The van der Waals surface area contributed by atoms with Crippen LogP contribution in [-0.4, -0.2) is 63.6 Å². The lowest BCUT2D eigenvalue weighted by atomic mass is 10.1. The second-order valence-electron chi connectivity index (χ2n) is 9.59. The minimum atomic E-state index is -0.633. The predicted molar refractivity (Wildman–Crippen MR) is 145 cm³/mol. The molecule has 0 saturated carbocycles. The first kappa shape index (κ1) is 30.3. The first-order valence-electron chi connectivity index (χ1n) is 12.8. The number of carbonyl (C=O) groups is 2. The van der Waals surface area contributed by atoms with E-state index in [1.807, 2.05) is 13.8 Å². The van der Waals surface area contributed by atoms with Crippen molar-refractivity contribution in [1.82, 2.24) is 25.2 Å². The molecule has 0 aliphatic heterocycles. The average Bonchev–Trinajstić information content (AvgIpc) is 2.85. The molecular weight excluding hydrogens is 489 g/mol. The fourth-order valence-electron chi connectivity index (χ4n) is 3.28. The molecule has 0 spiro atoms. The van der Waals surface area contributed by atoms with Gasteiger partial charge in [0.2, 0.25) is 17.8 Å². The van der Waals surface area contributed by atoms with Gasteiger partial charge in [0.25, 0.3) is 0 Å². The van der Waals surface area contributed by atoms with Crippen molar-refractivity contribution in [3.05, 3.63) is 36.0 Å². The molecule has 0 fully saturated rings. The first-order chi connectivity index (χ1) is 18.0. The van der Waals surface area contributed by atoms with Crippen LogP contribution in [0.2, 0.25) is 0 Å². The van der Waals surface area contributed by atoms with Gasteiger partial charge in [-0.05, 0) is 46.1 Å². The molecule has 2 aromatic heterocycles. The van der Waals surface area contributed by atoms with Crippen molar-refractivity contribution in [3.8, 4) is 11.8 Å². The van der Waals surface area contributed by atoms with Crippen LogP contribution >= 0.6 is 0 Å². The average molecular weight is 528 g/mol. The van der Waals surface area contributed by atoms with Crippen LogP contribution in [0.5, 0.6) is 0 Å². The van der Waals surface area contributed by atoms with Crippen molar-refractivity contribution in [3.63, 3.8) is 0 Å². The Kier molecular flexibility index (Phi) is 11.7. The van der Waals surface area contributed by atoms with Gasteiger partial charge in [-0.2, -0.15) is 9.37 Å². The van der Waals surface area contributed by atoms with E-state index in [-0.39, 0.29) is 5.91 Å². The van der Waals surface area contributed by atoms with Crippen molar-refractivity contribution in [2.24, 2.45) is 0 Å². The Balaban J connectivity index is 1.92. The lowest BCUT2D eigenvalue weighted by Crippen LogP contribution is -2.49. The van der Waals surface area contributed by atoms with Crippen LogP contribution < -0.4 is 16.0 Å². The standard InChI is InChI=1S/C27H38FN7O3/c1-7-14-30-23-19(18-32-25(34-23)33-20-13-16-29-22(28)17-20)12-10-9-11-15-31-24(36)21(8-2)35(6)26(37)38-27(3,4)5/h13,16-18,21H,7-9,11,14-15H2,1-6H3,(H,31,36)(H2,29,30,32,33,34)/t21-/m0/s1. The number of anilines is 3. The van der Waals surface area contributed by atoms with E-state index in [0.29, 0.717) is 55.4 Å². The van der Waals surface area contributed by atoms with Gasteiger partial charge in [-0.3, -0.25) is 9.69 Å². The van der Waals surface area contributed by atoms with Crippen LogP contribution in [0.25, 0.3) is 0 Å². The highest BCUT2D eigenvalue weighted by atomic mass is 19.1. The molecule has 2 amide bonds. The van der Waals surface area contributed by atoms with Gasteiger partial charge >= 0.3 is 6.09 Å². The van der Waals surface area contributed by atoms with E-state index in [1.165, 1.54) is 17.2 Å². The lowest BCUT2D eigenvalue weighted by molar-refractivity contribution is -0.126. The van der Waals surface area contributed by atoms with Crippen molar-refractivity contribution >= 4 is 29.5 Å². The molecule has 0 radical (unpaired) electrons. The number of rotatable bonds is 11. The quantitative estimate of drug-likeness (QED) is 0.222. The second kappa shape index (κ2) is 14.7. The Morgan fingerprint density at radius 3 is 2.63 bits per heavy atom. The number of ether oxygens (including phenoxy) is 1. The molecule has 3 N–H and O–H groups in total. The number of nitrogens with one attached hydrogen (secondary N) is 3. The number of aromatic nitrogens is 3. The fraction of sp³-hybridized carbons (Fsp3) is 0.519. The monoisotopic (exact) mass is 527 g/mol. The molecule has 2 rings (SSSR count). The zero-order valence-electron chi connectivity index (χ0n) is 23.0. The van der Waals surface area contributed by atoms with Gasteiger partial charge in [0.1, 0.15) is 17.5 Å². The van der Waals surface area contributed by atoms with Crippen LogP contribution in [0.15, 0.2) is 24.5 Å². The molecule has 11 heteroatoms. The summed E-state index contributed by atoms with van der Waals surface area (Å²) in [7, 11) is 1.57. The molecule has 0 bridgehead atoms. The number of pyridine rings is 1. The van der Waals surface area contributed by atoms with Crippen molar-refractivity contribution in [1.29, 1.82) is 0 Å². The maximum atomic E-state index is 13.4. The maximum Gasteiger partial charge on any atom is 0.410 e. The van der Waals surface area contributed by atoms with Gasteiger partial charge in [0.15, 0.2) is 0 Å². The predicted octanol–water partition coefficient (Wildman–Crippen LogP) is 4.47. The lowest BCUT2D eigenvalue weighted by Gasteiger charge is -2.29. The van der Waals surface area contributed by atoms with Crippen molar-refractivity contribution in [2.75, 3.05) is 30.8 Å². The van der Waals surface area contributed by atoms with Crippen molar-refractivity contribution in [2.45, 2.75) is 71.9 Å². The first-order valence-corrected chi connectivity index (χ1v) is 12.8. The number of unbranched alkanes of at least 4 members (excludes halogenated alkanes) is 1. The third-order valence-electron chi connectivity index (χ3n) is 5.15. The van der Waals surface area contributed by atoms with Crippen LogP contribution in [-0.2, 0) is 9.53 Å². The second-order valence-corrected chi connectivity index (χ2v) is 9.59.